The maximum Gasteiger partial charge on any atom is 0.0229 e. The summed E-state index contributed by atoms with van der Waals surface area (Å²) in [6.45, 7) is 9.01. The molecule has 0 spiro atoms. The molecule has 1 rings (SSSR count). The number of rotatable bonds is 6. The maximum absolute atomic E-state index is 5.96. The van der Waals surface area contributed by atoms with Crippen LogP contribution in [-0.4, -0.2) is 56.1 Å². The fourth-order valence-corrected chi connectivity index (χ4v) is 2.68. The van der Waals surface area contributed by atoms with Gasteiger partial charge in [-0.3, -0.25) is 0 Å². The molecule has 1 aliphatic rings. The van der Waals surface area contributed by atoms with Gasteiger partial charge >= 0.3 is 0 Å². The van der Waals surface area contributed by atoms with E-state index in [0.29, 0.717) is 5.41 Å². The lowest BCUT2D eigenvalue weighted by Gasteiger charge is -2.34. The van der Waals surface area contributed by atoms with Crippen LogP contribution in [0, 0.1) is 5.41 Å². The van der Waals surface area contributed by atoms with Crippen molar-refractivity contribution < 1.29 is 0 Å². The molecule has 2 N–H and O–H groups in total. The number of likely N-dealkylation sites (N-methyl/N-ethyl adjacent to an activating group) is 1. The highest BCUT2D eigenvalue weighted by Gasteiger charge is 2.31. The van der Waals surface area contributed by atoms with Gasteiger partial charge in [-0.05, 0) is 51.9 Å². The van der Waals surface area contributed by atoms with Crippen molar-refractivity contribution in [3.8, 4) is 0 Å². The number of likely N-dealkylation sites (tertiary alicyclic amines) is 1. The number of nitrogens with zero attached hydrogens (tertiary/aromatic N) is 2. The second-order valence-electron chi connectivity index (χ2n) is 5.55. The molecule has 0 saturated carbocycles. The molecule has 3 heteroatoms. The largest absolute Gasteiger partial charge is 0.330 e. The van der Waals surface area contributed by atoms with Crippen molar-refractivity contribution in [2.75, 3.05) is 40.3 Å². The molecule has 1 aliphatic heterocycles. The Morgan fingerprint density at radius 1 is 1.31 bits per heavy atom. The van der Waals surface area contributed by atoms with Crippen LogP contribution in [0.15, 0.2) is 0 Å². The molecule has 1 heterocycles. The Balaban J connectivity index is 2.48. The maximum atomic E-state index is 5.96. The number of hydrogen-bond acceptors (Lipinski definition) is 3. The van der Waals surface area contributed by atoms with E-state index in [4.69, 9.17) is 5.73 Å². The van der Waals surface area contributed by atoms with Crippen molar-refractivity contribution >= 4 is 0 Å². The van der Waals surface area contributed by atoms with Gasteiger partial charge in [0.25, 0.3) is 0 Å². The molecule has 0 aromatic rings. The summed E-state index contributed by atoms with van der Waals surface area (Å²) >= 11 is 0. The third kappa shape index (κ3) is 3.19. The van der Waals surface area contributed by atoms with E-state index in [1.807, 2.05) is 0 Å². The summed E-state index contributed by atoms with van der Waals surface area (Å²) in [6, 6.07) is 0.740. The monoisotopic (exact) mass is 227 g/mol. The summed E-state index contributed by atoms with van der Waals surface area (Å²) in [7, 11) is 4.37. The Kier molecular flexibility index (Phi) is 5.22. The molecule has 1 unspecified atom stereocenters. The normalized spacial score (nSPS) is 23.2. The van der Waals surface area contributed by atoms with Crippen LogP contribution in [0.2, 0.25) is 0 Å². The molecule has 0 amide bonds. The van der Waals surface area contributed by atoms with E-state index < -0.39 is 0 Å². The fourth-order valence-electron chi connectivity index (χ4n) is 2.68. The average Bonchev–Trinajstić information content (AvgIpc) is 2.74. The lowest BCUT2D eigenvalue weighted by atomic mass is 9.82. The molecule has 3 nitrogen and oxygen atoms in total. The predicted octanol–water partition coefficient (Wildman–Crippen LogP) is 1.39. The average molecular weight is 227 g/mol. The molecule has 0 aromatic heterocycles. The minimum atomic E-state index is 0.348. The Labute approximate surface area is 101 Å². The van der Waals surface area contributed by atoms with Gasteiger partial charge in [-0.1, -0.05) is 13.8 Å². The van der Waals surface area contributed by atoms with Gasteiger partial charge in [0.2, 0.25) is 0 Å². The second-order valence-corrected chi connectivity index (χ2v) is 5.55. The molecule has 1 saturated heterocycles. The van der Waals surface area contributed by atoms with E-state index in [1.54, 1.807) is 0 Å². The van der Waals surface area contributed by atoms with E-state index in [2.05, 4.69) is 37.7 Å². The van der Waals surface area contributed by atoms with Gasteiger partial charge in [0, 0.05) is 19.1 Å². The first-order valence-electron chi connectivity index (χ1n) is 6.65. The molecular formula is C13H29N3. The summed E-state index contributed by atoms with van der Waals surface area (Å²) in [4.78, 5) is 4.95. The van der Waals surface area contributed by atoms with Gasteiger partial charge in [-0.25, -0.2) is 0 Å². The van der Waals surface area contributed by atoms with Crippen molar-refractivity contribution in [3.63, 3.8) is 0 Å². The molecule has 1 fully saturated rings. The van der Waals surface area contributed by atoms with Gasteiger partial charge in [0.05, 0.1) is 0 Å². The van der Waals surface area contributed by atoms with Crippen molar-refractivity contribution in [3.05, 3.63) is 0 Å². The first kappa shape index (κ1) is 13.9. The predicted molar refractivity (Wildman–Crippen MR) is 70.6 cm³/mol. The third-order valence-corrected chi connectivity index (χ3v) is 4.47. The van der Waals surface area contributed by atoms with Gasteiger partial charge in [-0.2, -0.15) is 0 Å². The quantitative estimate of drug-likeness (QED) is 0.744. The summed E-state index contributed by atoms with van der Waals surface area (Å²) in [5.41, 5.74) is 6.31. The standard InChI is InChI=1S/C13H29N3/c1-5-13(6-2,10-14)11-16-8-7-12(9-16)15(3)4/h12H,5-11,14H2,1-4H3. The first-order chi connectivity index (χ1) is 7.56. The van der Waals surface area contributed by atoms with Crippen LogP contribution in [-0.2, 0) is 0 Å². The van der Waals surface area contributed by atoms with Crippen molar-refractivity contribution in [1.82, 2.24) is 9.80 Å². The zero-order chi connectivity index (χ0) is 12.2. The molecule has 0 bridgehead atoms. The molecule has 0 aliphatic carbocycles. The highest BCUT2D eigenvalue weighted by molar-refractivity contribution is 4.87. The second kappa shape index (κ2) is 5.99. The highest BCUT2D eigenvalue weighted by Crippen LogP contribution is 2.28. The first-order valence-corrected chi connectivity index (χ1v) is 6.65. The van der Waals surface area contributed by atoms with E-state index in [9.17, 15) is 0 Å². The molecule has 0 aromatic carbocycles. The minimum absolute atomic E-state index is 0.348. The zero-order valence-electron chi connectivity index (χ0n) is 11.5. The van der Waals surface area contributed by atoms with Crippen LogP contribution in [0.4, 0.5) is 0 Å². The lowest BCUT2D eigenvalue weighted by molar-refractivity contribution is 0.157. The summed E-state index contributed by atoms with van der Waals surface area (Å²) in [5.74, 6) is 0. The van der Waals surface area contributed by atoms with Crippen LogP contribution in [0.5, 0.6) is 0 Å². The van der Waals surface area contributed by atoms with Gasteiger partial charge in [0.1, 0.15) is 0 Å². The Morgan fingerprint density at radius 3 is 2.31 bits per heavy atom. The van der Waals surface area contributed by atoms with Crippen LogP contribution in [0.25, 0.3) is 0 Å². The summed E-state index contributed by atoms with van der Waals surface area (Å²) in [5, 5.41) is 0. The van der Waals surface area contributed by atoms with E-state index in [-0.39, 0.29) is 0 Å². The van der Waals surface area contributed by atoms with Crippen LogP contribution in [0.3, 0.4) is 0 Å². The highest BCUT2D eigenvalue weighted by atomic mass is 15.2. The molecule has 1 atom stereocenters. The molecular weight excluding hydrogens is 198 g/mol. The molecule has 96 valence electrons. The summed E-state index contributed by atoms with van der Waals surface area (Å²) < 4.78 is 0. The van der Waals surface area contributed by atoms with Gasteiger partial charge in [-0.15, -0.1) is 0 Å². The number of hydrogen-bond donors (Lipinski definition) is 1. The zero-order valence-corrected chi connectivity index (χ0v) is 11.5. The minimum Gasteiger partial charge on any atom is -0.330 e. The third-order valence-electron chi connectivity index (χ3n) is 4.47. The van der Waals surface area contributed by atoms with Crippen molar-refractivity contribution in [2.45, 2.75) is 39.2 Å². The Morgan fingerprint density at radius 2 is 1.94 bits per heavy atom. The van der Waals surface area contributed by atoms with Gasteiger partial charge in [0.15, 0.2) is 0 Å². The fraction of sp³-hybridized carbons (Fsp3) is 1.00. The van der Waals surface area contributed by atoms with E-state index in [1.165, 1.54) is 38.9 Å². The smallest absolute Gasteiger partial charge is 0.0229 e. The van der Waals surface area contributed by atoms with E-state index in [0.717, 1.165) is 12.6 Å². The Bertz CT molecular complexity index is 191. The summed E-state index contributed by atoms with van der Waals surface area (Å²) in [6.07, 6.45) is 3.70. The van der Waals surface area contributed by atoms with Crippen LogP contribution >= 0.6 is 0 Å². The SMILES string of the molecule is CCC(CC)(CN)CN1CCC(N(C)C)C1. The lowest BCUT2D eigenvalue weighted by Crippen LogP contribution is -2.42. The van der Waals surface area contributed by atoms with Crippen LogP contribution in [0.1, 0.15) is 33.1 Å². The van der Waals surface area contributed by atoms with Gasteiger partial charge < -0.3 is 15.5 Å². The molecule has 0 radical (unpaired) electrons. The van der Waals surface area contributed by atoms with Crippen molar-refractivity contribution in [2.24, 2.45) is 11.1 Å². The van der Waals surface area contributed by atoms with Crippen LogP contribution < -0.4 is 5.73 Å². The Hall–Kier alpha value is -0.120. The van der Waals surface area contributed by atoms with E-state index >= 15 is 0 Å². The number of nitrogens with two attached hydrogens (primary N) is 1. The topological polar surface area (TPSA) is 32.5 Å². The molecule has 16 heavy (non-hydrogen) atoms. The van der Waals surface area contributed by atoms with Crippen molar-refractivity contribution in [1.29, 1.82) is 0 Å².